The molecule has 0 N–H and O–H groups in total. The van der Waals surface area contributed by atoms with E-state index < -0.39 is 26.7 Å². The van der Waals surface area contributed by atoms with E-state index in [4.69, 9.17) is 9.41 Å². The summed E-state index contributed by atoms with van der Waals surface area (Å²) in [7, 11) is -1.70. The Morgan fingerprint density at radius 3 is 2.26 bits per heavy atom. The van der Waals surface area contributed by atoms with Crippen molar-refractivity contribution >= 4 is 41.2 Å². The average molecular weight is 436 g/mol. The second-order valence-corrected chi connectivity index (χ2v) is 28.2. The first kappa shape index (κ1) is 18.9. The van der Waals surface area contributed by atoms with Gasteiger partial charge in [0.2, 0.25) is 0 Å². The van der Waals surface area contributed by atoms with E-state index in [1.165, 1.54) is 20.0 Å². The minimum absolute atomic E-state index is 0.252. The van der Waals surface area contributed by atoms with Crippen molar-refractivity contribution in [1.82, 2.24) is 4.98 Å². The van der Waals surface area contributed by atoms with E-state index in [0.29, 0.717) is 6.61 Å². The Morgan fingerprint density at radius 1 is 1.04 bits per heavy atom. The standard InChI is InChI=1S/C16H22NOSi.3CH3.Sn/c1-16(2,3)19(4,5)18-12-13-6-7-15-11-17-9-8-14(15)10-13;;;;/h6-8,10-11H,12H2,1-5H3;3*1H3;. The van der Waals surface area contributed by atoms with Gasteiger partial charge in [-0.2, -0.15) is 0 Å². The summed E-state index contributed by atoms with van der Waals surface area (Å²) >= 11 is -2.12. The molecule has 2 aromatic rings. The zero-order valence-electron chi connectivity index (χ0n) is 15.9. The number of hydrogen-bond acceptors (Lipinski definition) is 2. The molecule has 0 spiro atoms. The van der Waals surface area contributed by atoms with Gasteiger partial charge in [-0.05, 0) is 0 Å². The molecule has 0 fully saturated rings. The molecule has 0 saturated heterocycles. The third-order valence-corrected chi connectivity index (χ3v) is 14.6. The molecule has 0 amide bonds. The number of hydrogen-bond donors (Lipinski definition) is 0. The molecule has 0 radical (unpaired) electrons. The van der Waals surface area contributed by atoms with Crippen molar-refractivity contribution in [1.29, 1.82) is 0 Å². The van der Waals surface area contributed by atoms with Gasteiger partial charge in [0, 0.05) is 0 Å². The van der Waals surface area contributed by atoms with Gasteiger partial charge in [0.15, 0.2) is 0 Å². The van der Waals surface area contributed by atoms with Crippen LogP contribution < -0.4 is 3.71 Å². The van der Waals surface area contributed by atoms with Crippen LogP contribution in [0.4, 0.5) is 0 Å². The fourth-order valence-electron chi connectivity index (χ4n) is 2.17. The van der Waals surface area contributed by atoms with Crippen LogP contribution in [0.25, 0.3) is 10.8 Å². The van der Waals surface area contributed by atoms with Crippen molar-refractivity contribution in [3.8, 4) is 0 Å². The summed E-state index contributed by atoms with van der Waals surface area (Å²) in [5, 5.41) is 2.78. The van der Waals surface area contributed by atoms with Gasteiger partial charge in [-0.1, -0.05) is 0 Å². The van der Waals surface area contributed by atoms with E-state index in [2.05, 4.69) is 72.9 Å². The summed E-state index contributed by atoms with van der Waals surface area (Å²) in [6, 6.07) is 8.94. The van der Waals surface area contributed by atoms with Gasteiger partial charge in [0.25, 0.3) is 0 Å². The molecular formula is C19H31NOSiSn. The van der Waals surface area contributed by atoms with Gasteiger partial charge in [0.05, 0.1) is 0 Å². The Bertz CT molecular complexity index is 699. The van der Waals surface area contributed by atoms with Crippen LogP contribution in [0.5, 0.6) is 0 Å². The van der Waals surface area contributed by atoms with Gasteiger partial charge in [-0.3, -0.25) is 0 Å². The second-order valence-electron chi connectivity index (χ2n) is 9.05. The van der Waals surface area contributed by atoms with Crippen molar-refractivity contribution in [2.75, 3.05) is 0 Å². The molecule has 23 heavy (non-hydrogen) atoms. The molecule has 0 aliphatic heterocycles. The molecule has 1 aromatic heterocycles. The Labute approximate surface area is 146 Å². The Balaban J connectivity index is 2.26. The van der Waals surface area contributed by atoms with Crippen molar-refractivity contribution in [2.45, 2.75) is 60.3 Å². The summed E-state index contributed by atoms with van der Waals surface area (Å²) < 4.78 is 7.70. The second kappa shape index (κ2) is 6.49. The molecule has 0 aliphatic carbocycles. The molecule has 0 saturated carbocycles. The molecule has 1 aromatic carbocycles. The molecule has 1 heterocycles. The van der Waals surface area contributed by atoms with Crippen LogP contribution in [0.2, 0.25) is 33.0 Å². The van der Waals surface area contributed by atoms with Crippen molar-refractivity contribution in [3.63, 3.8) is 0 Å². The van der Waals surface area contributed by atoms with Crippen LogP contribution in [0.3, 0.4) is 0 Å². The van der Waals surface area contributed by atoms with Crippen molar-refractivity contribution < 1.29 is 4.43 Å². The molecule has 2 rings (SSSR count). The van der Waals surface area contributed by atoms with E-state index >= 15 is 0 Å². The first-order valence-corrected chi connectivity index (χ1v) is 21.3. The van der Waals surface area contributed by atoms with Gasteiger partial charge < -0.3 is 0 Å². The summed E-state index contributed by atoms with van der Waals surface area (Å²) in [4.78, 5) is 11.9. The molecule has 126 valence electrons. The van der Waals surface area contributed by atoms with Gasteiger partial charge in [0.1, 0.15) is 0 Å². The van der Waals surface area contributed by atoms with Crippen molar-refractivity contribution in [3.05, 3.63) is 36.0 Å². The van der Waals surface area contributed by atoms with Crippen molar-refractivity contribution in [2.24, 2.45) is 0 Å². The number of fused-ring (bicyclic) bond motifs is 1. The third kappa shape index (κ3) is 4.58. The predicted octanol–water partition coefficient (Wildman–Crippen LogP) is 5.30. The number of nitrogens with zero attached hydrogens (tertiary/aromatic N) is 1. The van der Waals surface area contributed by atoms with Crippen LogP contribution in [-0.2, 0) is 11.0 Å². The van der Waals surface area contributed by atoms with E-state index in [1.54, 1.807) is 0 Å². The number of aromatic nitrogens is 1. The number of benzene rings is 1. The summed E-state index contributed by atoms with van der Waals surface area (Å²) in [6.07, 6.45) is 2.03. The summed E-state index contributed by atoms with van der Waals surface area (Å²) in [5.41, 5.74) is 1.27. The first-order chi connectivity index (χ1) is 10.4. The number of pyridine rings is 1. The van der Waals surface area contributed by atoms with E-state index in [9.17, 15) is 0 Å². The van der Waals surface area contributed by atoms with Crippen LogP contribution in [0, 0.1) is 0 Å². The van der Waals surface area contributed by atoms with Crippen LogP contribution in [-0.4, -0.2) is 31.7 Å². The normalized spacial score (nSPS) is 13.6. The molecule has 0 aliphatic rings. The maximum atomic E-state index is 6.36. The topological polar surface area (TPSA) is 22.1 Å². The van der Waals surface area contributed by atoms with Gasteiger partial charge in [-0.25, -0.2) is 0 Å². The third-order valence-electron chi connectivity index (χ3n) is 4.96. The molecule has 2 nitrogen and oxygen atoms in total. The van der Waals surface area contributed by atoms with Gasteiger partial charge in [-0.15, -0.1) is 0 Å². The molecule has 0 unspecified atom stereocenters. The first-order valence-electron chi connectivity index (χ1n) is 8.43. The summed E-state index contributed by atoms with van der Waals surface area (Å²) in [6.45, 7) is 12.2. The Kier molecular flexibility index (Phi) is 5.34. The molecular weight excluding hydrogens is 405 g/mol. The monoisotopic (exact) mass is 437 g/mol. The van der Waals surface area contributed by atoms with Crippen LogP contribution in [0.1, 0.15) is 26.3 Å². The Hall–Kier alpha value is -0.394. The maximum absolute atomic E-state index is 6.36. The van der Waals surface area contributed by atoms with E-state index in [1.807, 2.05) is 6.20 Å². The van der Waals surface area contributed by atoms with Gasteiger partial charge >= 0.3 is 147 Å². The zero-order chi connectivity index (χ0) is 17.5. The quantitative estimate of drug-likeness (QED) is 0.607. The zero-order valence-corrected chi connectivity index (χ0v) is 19.8. The van der Waals surface area contributed by atoms with E-state index in [-0.39, 0.29) is 5.04 Å². The molecule has 0 bridgehead atoms. The molecule has 4 heteroatoms. The Morgan fingerprint density at radius 2 is 1.70 bits per heavy atom. The average Bonchev–Trinajstić information content (AvgIpc) is 2.42. The summed E-state index contributed by atoms with van der Waals surface area (Å²) in [5.74, 6) is 0. The molecule has 0 atom stereocenters. The van der Waals surface area contributed by atoms with Crippen LogP contribution >= 0.6 is 0 Å². The fraction of sp³-hybridized carbons (Fsp3) is 0.526. The minimum atomic E-state index is -2.12. The number of rotatable bonds is 4. The predicted molar refractivity (Wildman–Crippen MR) is 107 cm³/mol. The fourth-order valence-corrected chi connectivity index (χ4v) is 6.10. The van der Waals surface area contributed by atoms with Crippen LogP contribution in [0.15, 0.2) is 30.5 Å². The van der Waals surface area contributed by atoms with E-state index in [0.717, 1.165) is 0 Å². The SMILES string of the molecule is CC(C)(C)[Si](C)(C)OCc1ccc2cn[c]([Sn]([CH3])([CH3])[CH3])cc2c1.